The molecule has 5 heteroatoms. The molecule has 1 aliphatic carbocycles. The summed E-state index contributed by atoms with van der Waals surface area (Å²) < 4.78 is 0. The van der Waals surface area contributed by atoms with Gasteiger partial charge >= 0.3 is 0 Å². The molecule has 0 spiro atoms. The molecular formula is C42H28N4S. The van der Waals surface area contributed by atoms with Crippen LogP contribution in [0.3, 0.4) is 0 Å². The van der Waals surface area contributed by atoms with Crippen LogP contribution in [-0.4, -0.2) is 19.9 Å². The zero-order chi connectivity index (χ0) is 31.2. The van der Waals surface area contributed by atoms with Gasteiger partial charge in [-0.25, -0.2) is 19.9 Å². The summed E-state index contributed by atoms with van der Waals surface area (Å²) in [5.41, 5.74) is 10.0. The molecule has 0 atom stereocenters. The van der Waals surface area contributed by atoms with Gasteiger partial charge in [-0.3, -0.25) is 0 Å². The molecule has 0 N–H and O–H groups in total. The van der Waals surface area contributed by atoms with E-state index in [-0.39, 0.29) is 0 Å². The fourth-order valence-corrected chi connectivity index (χ4v) is 7.73. The number of fused-ring (bicyclic) bond motifs is 4. The Kier molecular flexibility index (Phi) is 6.76. The van der Waals surface area contributed by atoms with Crippen LogP contribution in [0, 0.1) is 0 Å². The highest BCUT2D eigenvalue weighted by Crippen LogP contribution is 2.44. The minimum atomic E-state index is 0.649. The molecule has 47 heavy (non-hydrogen) atoms. The van der Waals surface area contributed by atoms with E-state index in [9.17, 15) is 0 Å². The van der Waals surface area contributed by atoms with E-state index in [1.54, 1.807) is 11.3 Å². The topological polar surface area (TPSA) is 51.6 Å². The number of benzene rings is 5. The van der Waals surface area contributed by atoms with Gasteiger partial charge in [0.2, 0.25) is 0 Å². The normalized spacial score (nSPS) is 12.4. The lowest BCUT2D eigenvalue weighted by atomic mass is 9.91. The summed E-state index contributed by atoms with van der Waals surface area (Å²) in [6.07, 6.45) is 6.66. The number of hydrogen-bond acceptors (Lipinski definition) is 5. The van der Waals surface area contributed by atoms with Crippen molar-refractivity contribution in [3.8, 4) is 56.4 Å². The molecule has 1 aliphatic rings. The maximum Gasteiger partial charge on any atom is 0.164 e. The highest BCUT2D eigenvalue weighted by molar-refractivity contribution is 7.19. The summed E-state index contributed by atoms with van der Waals surface area (Å²) in [5.74, 6) is 1.96. The van der Waals surface area contributed by atoms with E-state index in [4.69, 9.17) is 19.9 Å². The lowest BCUT2D eigenvalue weighted by molar-refractivity contribution is 1.01. The predicted octanol–water partition coefficient (Wildman–Crippen LogP) is 10.9. The molecule has 3 aromatic heterocycles. The van der Waals surface area contributed by atoms with Crippen LogP contribution in [0.5, 0.6) is 0 Å². The fraction of sp³-hybridized carbons (Fsp3) is 0.0476. The third-order valence-corrected chi connectivity index (χ3v) is 9.89. The van der Waals surface area contributed by atoms with Crippen LogP contribution in [-0.2, 0) is 6.42 Å². The Bertz CT molecular complexity index is 2410. The van der Waals surface area contributed by atoms with Crippen LogP contribution in [0.25, 0.3) is 83.6 Å². The Balaban J connectivity index is 1.19. The average Bonchev–Trinajstić information content (AvgIpc) is 3.52. The first-order valence-corrected chi connectivity index (χ1v) is 16.7. The van der Waals surface area contributed by atoms with Crippen molar-refractivity contribution in [2.75, 3.05) is 0 Å². The molecule has 8 aromatic rings. The summed E-state index contributed by atoms with van der Waals surface area (Å²) in [5, 5.41) is 2.49. The van der Waals surface area contributed by atoms with Crippen molar-refractivity contribution in [3.05, 3.63) is 150 Å². The van der Waals surface area contributed by atoms with Gasteiger partial charge in [-0.2, -0.15) is 0 Å². The molecule has 0 saturated carbocycles. The molecule has 3 heterocycles. The van der Waals surface area contributed by atoms with E-state index in [1.165, 1.54) is 32.3 Å². The van der Waals surface area contributed by atoms with E-state index in [0.717, 1.165) is 51.0 Å². The van der Waals surface area contributed by atoms with E-state index >= 15 is 0 Å². The Labute approximate surface area is 276 Å². The van der Waals surface area contributed by atoms with Gasteiger partial charge in [0.1, 0.15) is 4.83 Å². The Hall–Kier alpha value is -5.78. The van der Waals surface area contributed by atoms with Crippen molar-refractivity contribution in [2.45, 2.75) is 12.8 Å². The number of para-hydroxylation sites is 1. The van der Waals surface area contributed by atoms with Gasteiger partial charge in [-0.15, -0.1) is 11.3 Å². The molecule has 222 valence electrons. The van der Waals surface area contributed by atoms with Crippen LogP contribution < -0.4 is 0 Å². The average molecular weight is 621 g/mol. The van der Waals surface area contributed by atoms with Crippen molar-refractivity contribution in [1.82, 2.24) is 19.9 Å². The number of nitrogens with zero attached hydrogens (tertiary/aromatic N) is 4. The summed E-state index contributed by atoms with van der Waals surface area (Å²) in [4.78, 5) is 22.4. The first-order chi connectivity index (χ1) is 23.3. The second-order valence-electron chi connectivity index (χ2n) is 11.8. The van der Waals surface area contributed by atoms with E-state index < -0.39 is 0 Å². The van der Waals surface area contributed by atoms with Gasteiger partial charge in [0.25, 0.3) is 0 Å². The molecule has 4 nitrogen and oxygen atoms in total. The van der Waals surface area contributed by atoms with Crippen LogP contribution in [0.15, 0.2) is 140 Å². The van der Waals surface area contributed by atoms with Crippen molar-refractivity contribution in [1.29, 1.82) is 0 Å². The summed E-state index contributed by atoms with van der Waals surface area (Å²) in [6, 6.07) is 46.2. The third-order valence-electron chi connectivity index (χ3n) is 8.80. The first-order valence-electron chi connectivity index (χ1n) is 15.9. The van der Waals surface area contributed by atoms with Crippen LogP contribution in [0.4, 0.5) is 0 Å². The second-order valence-corrected chi connectivity index (χ2v) is 12.8. The number of rotatable bonds is 5. The molecule has 0 unspecified atom stereocenters. The smallest absolute Gasteiger partial charge is 0.164 e. The second kappa shape index (κ2) is 11.5. The highest BCUT2D eigenvalue weighted by atomic mass is 32.1. The lowest BCUT2D eigenvalue weighted by Gasteiger charge is -2.14. The molecule has 0 amide bonds. The molecule has 9 rings (SSSR count). The fourth-order valence-electron chi connectivity index (χ4n) is 6.56. The monoisotopic (exact) mass is 620 g/mol. The molecule has 0 bridgehead atoms. The zero-order valence-electron chi connectivity index (χ0n) is 25.5. The van der Waals surface area contributed by atoms with E-state index in [2.05, 4.69) is 84.9 Å². The number of aryl methyl sites for hydroxylation is 1. The zero-order valence-corrected chi connectivity index (χ0v) is 26.3. The van der Waals surface area contributed by atoms with Crippen LogP contribution in [0.1, 0.15) is 16.9 Å². The number of hydrogen-bond donors (Lipinski definition) is 0. The SMILES string of the molecule is C1=Cc2sc3nc4ccccc4c(-c4cccc(-c5cccc(-c6nc(-c7ccccc7)nc(-c7ccccc7)n6)c5)c4)c3c2CC1. The lowest BCUT2D eigenvalue weighted by Crippen LogP contribution is -2.00. The molecule has 0 fully saturated rings. The standard InChI is InChI=1S/C42H28N4S/c1-3-13-27(14-4-1)39-44-40(28-15-5-2-6-16-28)46-41(45-39)32-20-12-18-30(26-32)29-17-11-19-31(25-29)37-33-21-7-9-23-35(33)43-42-38(37)34-22-8-10-24-36(34)47-42/h1-7,9-21,23-26H,8,22H2. The van der Waals surface area contributed by atoms with Gasteiger partial charge in [-0.05, 0) is 59.4 Å². The largest absolute Gasteiger partial charge is 0.237 e. The third kappa shape index (κ3) is 5.02. The molecule has 5 aromatic carbocycles. The minimum absolute atomic E-state index is 0.649. The van der Waals surface area contributed by atoms with Crippen molar-refractivity contribution in [3.63, 3.8) is 0 Å². The summed E-state index contributed by atoms with van der Waals surface area (Å²) in [6.45, 7) is 0. The van der Waals surface area contributed by atoms with Gasteiger partial charge in [0, 0.05) is 37.9 Å². The van der Waals surface area contributed by atoms with Gasteiger partial charge < -0.3 is 0 Å². The van der Waals surface area contributed by atoms with Crippen LogP contribution in [0.2, 0.25) is 0 Å². The summed E-state index contributed by atoms with van der Waals surface area (Å²) in [7, 11) is 0. The quantitative estimate of drug-likeness (QED) is 0.192. The first kappa shape index (κ1) is 27.5. The van der Waals surface area contributed by atoms with E-state index in [1.807, 2.05) is 60.7 Å². The number of aromatic nitrogens is 4. The van der Waals surface area contributed by atoms with Crippen molar-refractivity contribution < 1.29 is 0 Å². The van der Waals surface area contributed by atoms with Gasteiger partial charge in [0.15, 0.2) is 17.5 Å². The van der Waals surface area contributed by atoms with Gasteiger partial charge in [-0.1, -0.05) is 121 Å². The van der Waals surface area contributed by atoms with Crippen molar-refractivity contribution in [2.24, 2.45) is 0 Å². The predicted molar refractivity (Wildman–Crippen MR) is 195 cm³/mol. The molecular weight excluding hydrogens is 593 g/mol. The molecule has 0 radical (unpaired) electrons. The maximum atomic E-state index is 5.12. The molecule has 0 saturated heterocycles. The summed E-state index contributed by atoms with van der Waals surface area (Å²) >= 11 is 1.81. The number of allylic oxidation sites excluding steroid dienone is 1. The Morgan fingerprint density at radius 1 is 0.489 bits per heavy atom. The molecule has 0 aliphatic heterocycles. The van der Waals surface area contributed by atoms with Gasteiger partial charge in [0.05, 0.1) is 5.52 Å². The minimum Gasteiger partial charge on any atom is -0.237 e. The number of pyridine rings is 1. The Morgan fingerprint density at radius 3 is 1.74 bits per heavy atom. The van der Waals surface area contributed by atoms with E-state index in [0.29, 0.717) is 17.5 Å². The highest BCUT2D eigenvalue weighted by Gasteiger charge is 2.21. The van der Waals surface area contributed by atoms with Crippen molar-refractivity contribution >= 4 is 38.5 Å². The maximum absolute atomic E-state index is 5.12. The number of thiophene rings is 1. The Morgan fingerprint density at radius 2 is 1.04 bits per heavy atom. The van der Waals surface area contributed by atoms with Crippen LogP contribution >= 0.6 is 11.3 Å².